The van der Waals surface area contributed by atoms with Gasteiger partial charge in [0.25, 0.3) is 0 Å². The number of amides is 2. The molecule has 5 nitrogen and oxygen atoms in total. The number of likely N-dealkylation sites (tertiary alicyclic amines) is 1. The molecule has 2 aliphatic rings. The first-order valence-corrected chi connectivity index (χ1v) is 6.26. The van der Waals surface area contributed by atoms with Gasteiger partial charge in [-0.2, -0.15) is 0 Å². The van der Waals surface area contributed by atoms with E-state index in [2.05, 4.69) is 5.32 Å². The van der Waals surface area contributed by atoms with Gasteiger partial charge in [-0.05, 0) is 26.2 Å². The van der Waals surface area contributed by atoms with Crippen LogP contribution in [0.2, 0.25) is 0 Å². The quantitative estimate of drug-likeness (QED) is 0.671. The Hall–Kier alpha value is -1.10. The standard InChI is InChI=1S/C12H20N2O3/c1-12(17)4-6-14(7-5-12)11(16)9-2-3-10(15)13-8-9/h9,17H,2-8H2,1H3,(H,13,15). The molecule has 1 unspecified atom stereocenters. The van der Waals surface area contributed by atoms with Crippen LogP contribution in [0, 0.1) is 5.92 Å². The zero-order chi connectivity index (χ0) is 12.5. The first-order valence-electron chi connectivity index (χ1n) is 6.26. The average molecular weight is 240 g/mol. The van der Waals surface area contributed by atoms with Crippen LogP contribution < -0.4 is 5.32 Å². The predicted molar refractivity (Wildman–Crippen MR) is 62.2 cm³/mol. The van der Waals surface area contributed by atoms with E-state index in [9.17, 15) is 14.7 Å². The molecular weight excluding hydrogens is 220 g/mol. The lowest BCUT2D eigenvalue weighted by molar-refractivity contribution is -0.140. The van der Waals surface area contributed by atoms with Gasteiger partial charge in [0, 0.05) is 26.1 Å². The number of rotatable bonds is 1. The fourth-order valence-corrected chi connectivity index (χ4v) is 2.41. The summed E-state index contributed by atoms with van der Waals surface area (Å²) in [5, 5.41) is 12.6. The van der Waals surface area contributed by atoms with E-state index in [1.807, 2.05) is 11.8 Å². The second-order valence-electron chi connectivity index (χ2n) is 5.36. The molecule has 0 aliphatic carbocycles. The molecule has 0 aromatic rings. The lowest BCUT2D eigenvalue weighted by Gasteiger charge is -2.38. The van der Waals surface area contributed by atoms with Crippen molar-refractivity contribution in [1.82, 2.24) is 10.2 Å². The molecule has 2 fully saturated rings. The third-order valence-electron chi connectivity index (χ3n) is 3.77. The molecule has 0 radical (unpaired) electrons. The molecule has 2 heterocycles. The third-order valence-corrected chi connectivity index (χ3v) is 3.77. The fraction of sp³-hybridized carbons (Fsp3) is 0.833. The van der Waals surface area contributed by atoms with Gasteiger partial charge in [0.05, 0.1) is 11.5 Å². The van der Waals surface area contributed by atoms with Gasteiger partial charge in [0.2, 0.25) is 11.8 Å². The zero-order valence-electron chi connectivity index (χ0n) is 10.2. The maximum absolute atomic E-state index is 12.2. The van der Waals surface area contributed by atoms with Gasteiger partial charge in [-0.1, -0.05) is 0 Å². The van der Waals surface area contributed by atoms with Crippen LogP contribution in [-0.4, -0.2) is 47.1 Å². The van der Waals surface area contributed by atoms with E-state index < -0.39 is 5.60 Å². The monoisotopic (exact) mass is 240 g/mol. The molecular formula is C12H20N2O3. The van der Waals surface area contributed by atoms with E-state index in [1.165, 1.54) is 0 Å². The number of carbonyl (C=O) groups is 2. The summed E-state index contributed by atoms with van der Waals surface area (Å²) >= 11 is 0. The average Bonchev–Trinajstić information content (AvgIpc) is 2.29. The summed E-state index contributed by atoms with van der Waals surface area (Å²) in [4.78, 5) is 25.0. The molecule has 1 atom stereocenters. The summed E-state index contributed by atoms with van der Waals surface area (Å²) in [5.74, 6) is 0.0897. The highest BCUT2D eigenvalue weighted by Crippen LogP contribution is 2.23. The Kier molecular flexibility index (Phi) is 3.38. The molecule has 96 valence electrons. The van der Waals surface area contributed by atoms with E-state index in [0.29, 0.717) is 45.3 Å². The summed E-state index contributed by atoms with van der Waals surface area (Å²) in [6, 6.07) is 0. The molecule has 2 aliphatic heterocycles. The van der Waals surface area contributed by atoms with Crippen molar-refractivity contribution in [2.75, 3.05) is 19.6 Å². The number of hydrogen-bond acceptors (Lipinski definition) is 3. The van der Waals surface area contributed by atoms with Gasteiger partial charge in [-0.15, -0.1) is 0 Å². The molecule has 2 N–H and O–H groups in total. The highest BCUT2D eigenvalue weighted by molar-refractivity contribution is 5.83. The van der Waals surface area contributed by atoms with E-state index in [4.69, 9.17) is 0 Å². The van der Waals surface area contributed by atoms with Crippen molar-refractivity contribution >= 4 is 11.8 Å². The van der Waals surface area contributed by atoms with Crippen LogP contribution >= 0.6 is 0 Å². The van der Waals surface area contributed by atoms with Gasteiger partial charge in [0.1, 0.15) is 0 Å². The Morgan fingerprint density at radius 1 is 1.47 bits per heavy atom. The van der Waals surface area contributed by atoms with E-state index in [-0.39, 0.29) is 17.7 Å². The lowest BCUT2D eigenvalue weighted by Crippen LogP contribution is -2.50. The maximum atomic E-state index is 12.2. The van der Waals surface area contributed by atoms with Crippen molar-refractivity contribution in [2.24, 2.45) is 5.92 Å². The SMILES string of the molecule is CC1(O)CCN(C(=O)C2CCC(=O)NC2)CC1. The Morgan fingerprint density at radius 3 is 2.65 bits per heavy atom. The van der Waals surface area contributed by atoms with Crippen molar-refractivity contribution < 1.29 is 14.7 Å². The van der Waals surface area contributed by atoms with Crippen molar-refractivity contribution in [2.45, 2.75) is 38.2 Å². The molecule has 2 saturated heterocycles. The molecule has 0 aromatic carbocycles. The summed E-state index contributed by atoms with van der Waals surface area (Å²) in [6.07, 6.45) is 2.37. The summed E-state index contributed by atoms with van der Waals surface area (Å²) in [6.45, 7) is 3.52. The van der Waals surface area contributed by atoms with Crippen molar-refractivity contribution in [3.63, 3.8) is 0 Å². The van der Waals surface area contributed by atoms with Crippen LogP contribution in [0.3, 0.4) is 0 Å². The molecule has 0 bridgehead atoms. The molecule has 2 amide bonds. The lowest BCUT2D eigenvalue weighted by atomic mass is 9.91. The van der Waals surface area contributed by atoms with Gasteiger partial charge in [0.15, 0.2) is 0 Å². The smallest absolute Gasteiger partial charge is 0.227 e. The first kappa shape index (κ1) is 12.4. The van der Waals surface area contributed by atoms with Crippen LogP contribution in [-0.2, 0) is 9.59 Å². The Balaban J connectivity index is 1.86. The second-order valence-corrected chi connectivity index (χ2v) is 5.36. The van der Waals surface area contributed by atoms with Gasteiger partial charge < -0.3 is 15.3 Å². The fourth-order valence-electron chi connectivity index (χ4n) is 2.41. The van der Waals surface area contributed by atoms with Gasteiger partial charge >= 0.3 is 0 Å². The Labute approximate surface area is 101 Å². The summed E-state index contributed by atoms with van der Waals surface area (Å²) < 4.78 is 0. The minimum atomic E-state index is -0.627. The Bertz CT molecular complexity index is 308. The van der Waals surface area contributed by atoms with Crippen LogP contribution in [0.5, 0.6) is 0 Å². The van der Waals surface area contributed by atoms with Crippen molar-refractivity contribution in [3.05, 3.63) is 0 Å². The third kappa shape index (κ3) is 2.97. The summed E-state index contributed by atoms with van der Waals surface area (Å²) in [5.41, 5.74) is -0.627. The number of carbonyl (C=O) groups excluding carboxylic acids is 2. The van der Waals surface area contributed by atoms with Gasteiger partial charge in [-0.25, -0.2) is 0 Å². The minimum absolute atomic E-state index is 0.0376. The number of piperidine rings is 2. The highest BCUT2D eigenvalue weighted by atomic mass is 16.3. The number of aliphatic hydroxyl groups is 1. The van der Waals surface area contributed by atoms with Crippen LogP contribution in [0.15, 0.2) is 0 Å². The number of nitrogens with one attached hydrogen (secondary N) is 1. The minimum Gasteiger partial charge on any atom is -0.390 e. The normalized spacial score (nSPS) is 28.7. The number of hydrogen-bond donors (Lipinski definition) is 2. The molecule has 0 saturated carbocycles. The molecule has 2 rings (SSSR count). The Morgan fingerprint density at radius 2 is 2.12 bits per heavy atom. The van der Waals surface area contributed by atoms with E-state index in [0.717, 1.165) is 0 Å². The van der Waals surface area contributed by atoms with Crippen LogP contribution in [0.1, 0.15) is 32.6 Å². The zero-order valence-corrected chi connectivity index (χ0v) is 10.2. The molecule has 5 heteroatoms. The first-order chi connectivity index (χ1) is 7.98. The van der Waals surface area contributed by atoms with Crippen molar-refractivity contribution in [3.8, 4) is 0 Å². The summed E-state index contributed by atoms with van der Waals surface area (Å²) in [7, 11) is 0. The van der Waals surface area contributed by atoms with E-state index in [1.54, 1.807) is 0 Å². The van der Waals surface area contributed by atoms with Crippen LogP contribution in [0.4, 0.5) is 0 Å². The predicted octanol–water partition coefficient (Wildman–Crippen LogP) is -0.114. The molecule has 17 heavy (non-hydrogen) atoms. The van der Waals surface area contributed by atoms with E-state index >= 15 is 0 Å². The largest absolute Gasteiger partial charge is 0.390 e. The number of nitrogens with zero attached hydrogens (tertiary/aromatic N) is 1. The highest BCUT2D eigenvalue weighted by Gasteiger charge is 2.33. The topological polar surface area (TPSA) is 69.6 Å². The molecule has 0 spiro atoms. The maximum Gasteiger partial charge on any atom is 0.227 e. The molecule has 0 aromatic heterocycles. The van der Waals surface area contributed by atoms with Gasteiger partial charge in [-0.3, -0.25) is 9.59 Å². The van der Waals surface area contributed by atoms with Crippen molar-refractivity contribution in [1.29, 1.82) is 0 Å². The van der Waals surface area contributed by atoms with Crippen LogP contribution in [0.25, 0.3) is 0 Å². The second kappa shape index (κ2) is 4.64.